The van der Waals surface area contributed by atoms with E-state index < -0.39 is 11.9 Å². The topological polar surface area (TPSA) is 91.4 Å². The molecule has 9 heteroatoms. The van der Waals surface area contributed by atoms with E-state index in [4.69, 9.17) is 27.9 Å². The minimum Gasteiger partial charge on any atom is -0.481 e. The second-order valence-electron chi connectivity index (χ2n) is 7.55. The first kappa shape index (κ1) is 22.1. The van der Waals surface area contributed by atoms with Crippen LogP contribution in [0.5, 0.6) is 0 Å². The highest BCUT2D eigenvalue weighted by molar-refractivity contribution is 7.23. The number of aromatic amines is 1. The van der Waals surface area contributed by atoms with Gasteiger partial charge in [0.15, 0.2) is 0 Å². The third kappa shape index (κ3) is 4.32. The average Bonchev–Trinajstić information content (AvgIpc) is 3.38. The molecule has 1 aliphatic carbocycles. The van der Waals surface area contributed by atoms with Gasteiger partial charge in [-0.1, -0.05) is 47.5 Å². The van der Waals surface area contributed by atoms with Gasteiger partial charge in [-0.15, -0.1) is 11.3 Å². The average molecular weight is 481 g/mol. The molecule has 0 bridgehead atoms. The van der Waals surface area contributed by atoms with Crippen molar-refractivity contribution in [1.29, 1.82) is 0 Å². The minimum absolute atomic E-state index is 0.299. The molecular weight excluding hydrogens is 459 g/mol. The molecule has 0 saturated carbocycles. The second kappa shape index (κ2) is 9.20. The number of aromatic nitrogens is 1. The normalized spacial score (nSPS) is 18.8. The van der Waals surface area contributed by atoms with Gasteiger partial charge in [-0.05, 0) is 37.0 Å². The van der Waals surface area contributed by atoms with Gasteiger partial charge >= 0.3 is 5.97 Å². The van der Waals surface area contributed by atoms with Crippen LogP contribution in [0.15, 0.2) is 30.3 Å². The lowest BCUT2D eigenvalue weighted by Crippen LogP contribution is -2.42. The van der Waals surface area contributed by atoms with Crippen LogP contribution in [-0.2, 0) is 16.0 Å². The van der Waals surface area contributed by atoms with Gasteiger partial charge in [0.1, 0.15) is 10.0 Å². The van der Waals surface area contributed by atoms with E-state index in [1.807, 2.05) is 31.2 Å². The Morgan fingerprint density at radius 2 is 2.13 bits per heavy atom. The van der Waals surface area contributed by atoms with Crippen LogP contribution in [-0.4, -0.2) is 41.2 Å². The van der Waals surface area contributed by atoms with Crippen LogP contribution < -0.4 is 5.32 Å². The van der Waals surface area contributed by atoms with Crippen molar-refractivity contribution in [2.75, 3.05) is 13.2 Å². The molecule has 4 rings (SSSR count). The molecule has 1 amide bonds. The van der Waals surface area contributed by atoms with Crippen LogP contribution in [0, 0.1) is 5.92 Å². The van der Waals surface area contributed by atoms with Crippen LogP contribution >= 0.6 is 34.5 Å². The van der Waals surface area contributed by atoms with E-state index in [2.05, 4.69) is 10.3 Å². The largest absolute Gasteiger partial charge is 0.481 e. The molecule has 0 saturated heterocycles. The number of hydrogen-bond donors (Lipinski definition) is 3. The van der Waals surface area contributed by atoms with Gasteiger partial charge in [-0.3, -0.25) is 9.59 Å². The molecule has 164 valence electrons. The lowest BCUT2D eigenvalue weighted by molar-refractivity contribution is -0.143. The Bertz CT molecular complexity index is 1130. The predicted molar refractivity (Wildman–Crippen MR) is 123 cm³/mol. The Kier molecular flexibility index (Phi) is 6.57. The summed E-state index contributed by atoms with van der Waals surface area (Å²) in [6.07, 6.45) is 0.952. The molecule has 1 unspecified atom stereocenters. The maximum absolute atomic E-state index is 13.0. The Balaban J connectivity index is 1.60. The highest BCUT2D eigenvalue weighted by Gasteiger charge is 2.41. The van der Waals surface area contributed by atoms with E-state index in [1.165, 1.54) is 11.3 Å². The number of carboxylic acids is 1. The molecule has 0 aliphatic heterocycles. The number of carbonyl (C=O) groups excluding carboxylic acids is 1. The molecule has 3 aromatic rings. The van der Waals surface area contributed by atoms with Gasteiger partial charge in [0, 0.05) is 25.2 Å². The number of amides is 1. The van der Waals surface area contributed by atoms with Crippen LogP contribution in [0.4, 0.5) is 0 Å². The summed E-state index contributed by atoms with van der Waals surface area (Å²) in [4.78, 5) is 28.2. The predicted octanol–water partition coefficient (Wildman–Crippen LogP) is 5.10. The highest BCUT2D eigenvalue weighted by atomic mass is 35.5. The van der Waals surface area contributed by atoms with E-state index in [9.17, 15) is 14.7 Å². The summed E-state index contributed by atoms with van der Waals surface area (Å²) in [5.74, 6) is -2.19. The molecule has 6 nitrogen and oxygen atoms in total. The summed E-state index contributed by atoms with van der Waals surface area (Å²) in [5, 5.41) is 13.4. The standard InChI is InChI=1S/C22H22Cl2N2O4S/c1-2-30-8-7-13(22(28)29)17-12-6-4-3-5-11(12)9-14(17)26-21(27)15-10-16-19(25-15)18(23)20(24)31-16/h3-6,10,13-14,17,25H,2,7-9H2,1H3,(H,26,27)(H,28,29)/t13?,14-,17+/m1/s1. The number of H-pyrrole nitrogens is 1. The van der Waals surface area contributed by atoms with Gasteiger partial charge in [0.25, 0.3) is 5.91 Å². The molecule has 1 aliphatic rings. The van der Waals surface area contributed by atoms with Crippen LogP contribution in [0.25, 0.3) is 10.2 Å². The summed E-state index contributed by atoms with van der Waals surface area (Å²) in [6.45, 7) is 2.77. The number of ether oxygens (including phenoxy) is 1. The number of halogens is 2. The third-order valence-electron chi connectivity index (χ3n) is 5.75. The Hall–Kier alpha value is -2.06. The number of rotatable bonds is 8. The first-order valence-electron chi connectivity index (χ1n) is 10.1. The van der Waals surface area contributed by atoms with Crippen molar-refractivity contribution in [1.82, 2.24) is 10.3 Å². The Morgan fingerprint density at radius 1 is 1.35 bits per heavy atom. The number of benzene rings is 1. The lowest BCUT2D eigenvalue weighted by atomic mass is 9.82. The first-order valence-corrected chi connectivity index (χ1v) is 11.6. The molecule has 0 spiro atoms. The number of hydrogen-bond acceptors (Lipinski definition) is 4. The number of aliphatic carboxylic acids is 1. The molecule has 0 fully saturated rings. The Labute approximate surface area is 193 Å². The van der Waals surface area contributed by atoms with Crippen molar-refractivity contribution in [2.45, 2.75) is 31.7 Å². The van der Waals surface area contributed by atoms with Crippen molar-refractivity contribution in [3.63, 3.8) is 0 Å². The van der Waals surface area contributed by atoms with E-state index in [0.29, 0.717) is 46.6 Å². The monoisotopic (exact) mass is 480 g/mol. The number of carbonyl (C=O) groups is 2. The minimum atomic E-state index is -0.887. The van der Waals surface area contributed by atoms with Crippen LogP contribution in [0.3, 0.4) is 0 Å². The lowest BCUT2D eigenvalue weighted by Gasteiger charge is -2.27. The van der Waals surface area contributed by atoms with Gasteiger partial charge in [0.05, 0.1) is 21.2 Å². The summed E-state index contributed by atoms with van der Waals surface area (Å²) >= 11 is 13.5. The fourth-order valence-corrected chi connectivity index (χ4v) is 5.84. The van der Waals surface area contributed by atoms with Crippen molar-refractivity contribution >= 4 is 56.6 Å². The smallest absolute Gasteiger partial charge is 0.307 e. The summed E-state index contributed by atoms with van der Waals surface area (Å²) in [7, 11) is 0. The third-order valence-corrected chi connectivity index (χ3v) is 7.68. The van der Waals surface area contributed by atoms with Crippen molar-refractivity contribution in [3.05, 3.63) is 56.5 Å². The zero-order valence-corrected chi connectivity index (χ0v) is 19.1. The second-order valence-corrected chi connectivity index (χ2v) is 9.58. The maximum atomic E-state index is 13.0. The molecule has 0 radical (unpaired) electrons. The van der Waals surface area contributed by atoms with Crippen LogP contribution in [0.2, 0.25) is 9.36 Å². The van der Waals surface area contributed by atoms with E-state index >= 15 is 0 Å². The number of thiophene rings is 1. The Morgan fingerprint density at radius 3 is 2.84 bits per heavy atom. The van der Waals surface area contributed by atoms with E-state index in [1.54, 1.807) is 6.07 Å². The maximum Gasteiger partial charge on any atom is 0.307 e. The highest BCUT2D eigenvalue weighted by Crippen LogP contribution is 2.41. The van der Waals surface area contributed by atoms with Gasteiger partial charge in [0.2, 0.25) is 0 Å². The SMILES string of the molecule is CCOCCC(C(=O)O)[C@@H]1c2ccccc2C[C@H]1NC(=O)c1cc2sc(Cl)c(Cl)c2[nH]1. The fraction of sp³-hybridized carbons (Fsp3) is 0.364. The van der Waals surface area contributed by atoms with Gasteiger partial charge in [-0.2, -0.15) is 0 Å². The molecule has 2 heterocycles. The van der Waals surface area contributed by atoms with Crippen LogP contribution in [0.1, 0.15) is 40.9 Å². The first-order chi connectivity index (χ1) is 14.9. The molecule has 2 aromatic heterocycles. The fourth-order valence-electron chi connectivity index (χ4n) is 4.36. The summed E-state index contributed by atoms with van der Waals surface area (Å²) < 4.78 is 6.68. The summed E-state index contributed by atoms with van der Waals surface area (Å²) in [5.41, 5.74) is 3.03. The number of carboxylic acid groups (broad SMARTS) is 1. The number of fused-ring (bicyclic) bond motifs is 2. The van der Waals surface area contributed by atoms with Gasteiger partial charge in [-0.25, -0.2) is 0 Å². The molecule has 3 atom stereocenters. The zero-order valence-electron chi connectivity index (χ0n) is 16.8. The molecule has 31 heavy (non-hydrogen) atoms. The summed E-state index contributed by atoms with van der Waals surface area (Å²) in [6, 6.07) is 9.15. The van der Waals surface area contributed by atoms with Crippen molar-refractivity contribution in [3.8, 4) is 0 Å². The van der Waals surface area contributed by atoms with Crippen molar-refractivity contribution < 1.29 is 19.4 Å². The zero-order chi connectivity index (χ0) is 22.1. The van der Waals surface area contributed by atoms with Gasteiger partial charge < -0.3 is 20.1 Å². The quantitative estimate of drug-likeness (QED) is 0.391. The number of nitrogens with one attached hydrogen (secondary N) is 2. The molecular formula is C22H22Cl2N2O4S. The molecule has 3 N–H and O–H groups in total. The van der Waals surface area contributed by atoms with Crippen molar-refractivity contribution in [2.24, 2.45) is 5.92 Å². The molecule has 1 aromatic carbocycles. The van der Waals surface area contributed by atoms with E-state index in [-0.39, 0.29) is 17.9 Å². The van der Waals surface area contributed by atoms with E-state index in [0.717, 1.165) is 15.8 Å².